The van der Waals surface area contributed by atoms with E-state index in [1.54, 1.807) is 23.5 Å². The van der Waals surface area contributed by atoms with Crippen molar-refractivity contribution in [1.29, 1.82) is 0 Å². The van der Waals surface area contributed by atoms with Gasteiger partial charge in [0.25, 0.3) is 0 Å². The van der Waals surface area contributed by atoms with Gasteiger partial charge in [-0.1, -0.05) is 11.6 Å². The van der Waals surface area contributed by atoms with E-state index in [0.717, 1.165) is 47.8 Å². The van der Waals surface area contributed by atoms with Crippen molar-refractivity contribution in [1.82, 2.24) is 10.6 Å². The van der Waals surface area contributed by atoms with Crippen LogP contribution >= 0.6 is 35.1 Å². The molecule has 1 aliphatic heterocycles. The highest BCUT2D eigenvalue weighted by molar-refractivity contribution is 7.99. The van der Waals surface area contributed by atoms with Gasteiger partial charge in [0.1, 0.15) is 0 Å². The second-order valence-electron chi connectivity index (χ2n) is 5.45. The van der Waals surface area contributed by atoms with Crippen molar-refractivity contribution in [3.05, 3.63) is 29.3 Å². The van der Waals surface area contributed by atoms with Gasteiger partial charge < -0.3 is 15.7 Å². The third-order valence-corrected chi connectivity index (χ3v) is 5.94. The SMILES string of the molecule is CCNC(=NCC1(O)CCSC1)NCCSc1ccc(Cl)cc1. The van der Waals surface area contributed by atoms with Crippen LogP contribution in [0.15, 0.2) is 34.2 Å². The maximum atomic E-state index is 10.4. The maximum absolute atomic E-state index is 10.4. The highest BCUT2D eigenvalue weighted by Crippen LogP contribution is 2.27. The third kappa shape index (κ3) is 6.83. The van der Waals surface area contributed by atoms with Crippen LogP contribution in [0, 0.1) is 0 Å². The van der Waals surface area contributed by atoms with Gasteiger partial charge in [-0.25, -0.2) is 0 Å². The zero-order valence-electron chi connectivity index (χ0n) is 13.3. The molecule has 4 nitrogen and oxygen atoms in total. The van der Waals surface area contributed by atoms with Crippen LogP contribution in [0.2, 0.25) is 5.02 Å². The van der Waals surface area contributed by atoms with Crippen LogP contribution in [0.3, 0.4) is 0 Å². The lowest BCUT2D eigenvalue weighted by Gasteiger charge is -2.19. The van der Waals surface area contributed by atoms with E-state index in [-0.39, 0.29) is 0 Å². The topological polar surface area (TPSA) is 56.7 Å². The number of rotatable bonds is 7. The van der Waals surface area contributed by atoms with Gasteiger partial charge in [0.2, 0.25) is 0 Å². The summed E-state index contributed by atoms with van der Waals surface area (Å²) >= 11 is 9.45. The number of aliphatic imine (C=N–C) groups is 1. The molecule has 1 fully saturated rings. The van der Waals surface area contributed by atoms with Crippen molar-refractivity contribution in [2.45, 2.75) is 23.8 Å². The minimum absolute atomic E-state index is 0.458. The van der Waals surface area contributed by atoms with E-state index in [4.69, 9.17) is 11.6 Å². The minimum Gasteiger partial charge on any atom is -0.387 e. The van der Waals surface area contributed by atoms with Crippen LogP contribution in [0.1, 0.15) is 13.3 Å². The molecular formula is C16H24ClN3OS2. The lowest BCUT2D eigenvalue weighted by Crippen LogP contribution is -2.41. The molecule has 0 aliphatic carbocycles. The Labute approximate surface area is 151 Å². The molecule has 1 unspecified atom stereocenters. The van der Waals surface area contributed by atoms with Gasteiger partial charge in [-0.3, -0.25) is 4.99 Å². The number of benzene rings is 1. The first kappa shape index (κ1) is 18.8. The van der Waals surface area contributed by atoms with E-state index in [9.17, 15) is 5.11 Å². The molecule has 0 aromatic heterocycles. The lowest BCUT2D eigenvalue weighted by molar-refractivity contribution is 0.0778. The number of hydrogen-bond acceptors (Lipinski definition) is 4. The monoisotopic (exact) mass is 373 g/mol. The van der Waals surface area contributed by atoms with Crippen molar-refractivity contribution in [2.75, 3.05) is 36.9 Å². The molecule has 0 spiro atoms. The molecule has 0 bridgehead atoms. The summed E-state index contributed by atoms with van der Waals surface area (Å²) in [5.41, 5.74) is -0.634. The zero-order chi connectivity index (χ0) is 16.5. The Hall–Kier alpha value is -0.560. The van der Waals surface area contributed by atoms with Crippen molar-refractivity contribution in [2.24, 2.45) is 4.99 Å². The van der Waals surface area contributed by atoms with Gasteiger partial charge in [0.05, 0.1) is 12.1 Å². The van der Waals surface area contributed by atoms with Crippen molar-refractivity contribution in [3.8, 4) is 0 Å². The first-order valence-electron chi connectivity index (χ1n) is 7.82. The van der Waals surface area contributed by atoms with E-state index in [1.165, 1.54) is 4.90 Å². The van der Waals surface area contributed by atoms with Crippen LogP contribution < -0.4 is 10.6 Å². The Morgan fingerprint density at radius 1 is 1.39 bits per heavy atom. The van der Waals surface area contributed by atoms with Crippen LogP contribution in [0.4, 0.5) is 0 Å². The summed E-state index contributed by atoms with van der Waals surface area (Å²) in [7, 11) is 0. The molecule has 2 rings (SSSR count). The number of aliphatic hydroxyl groups is 1. The summed E-state index contributed by atoms with van der Waals surface area (Å²) in [6.45, 7) is 4.12. The standard InChI is InChI=1S/C16H24ClN3OS2/c1-2-18-15(20-11-16(21)7-9-22-12-16)19-8-10-23-14-5-3-13(17)4-6-14/h3-6,21H,2,7-12H2,1H3,(H2,18,19,20). The van der Waals surface area contributed by atoms with Crippen LogP contribution in [0.25, 0.3) is 0 Å². The van der Waals surface area contributed by atoms with Gasteiger partial charge in [-0.2, -0.15) is 11.8 Å². The molecule has 1 aromatic rings. The summed E-state index contributed by atoms with van der Waals surface area (Å²) in [4.78, 5) is 5.73. The van der Waals surface area contributed by atoms with E-state index in [2.05, 4.69) is 15.6 Å². The van der Waals surface area contributed by atoms with Crippen molar-refractivity contribution in [3.63, 3.8) is 0 Å². The largest absolute Gasteiger partial charge is 0.387 e. The number of halogens is 1. The first-order chi connectivity index (χ1) is 11.1. The Morgan fingerprint density at radius 2 is 2.17 bits per heavy atom. The molecule has 7 heteroatoms. The van der Waals surface area contributed by atoms with Gasteiger partial charge in [0.15, 0.2) is 5.96 Å². The fraction of sp³-hybridized carbons (Fsp3) is 0.562. The molecule has 1 heterocycles. The molecule has 1 aromatic carbocycles. The maximum Gasteiger partial charge on any atom is 0.191 e. The number of nitrogens with zero attached hydrogens (tertiary/aromatic N) is 1. The Balaban J connectivity index is 1.74. The smallest absolute Gasteiger partial charge is 0.191 e. The predicted octanol–water partition coefficient (Wildman–Crippen LogP) is 2.86. The van der Waals surface area contributed by atoms with Gasteiger partial charge in [-0.15, -0.1) is 11.8 Å². The van der Waals surface area contributed by atoms with Crippen LogP contribution in [0.5, 0.6) is 0 Å². The van der Waals surface area contributed by atoms with Crippen molar-refractivity contribution >= 4 is 41.1 Å². The van der Waals surface area contributed by atoms with Gasteiger partial charge in [-0.05, 0) is 43.4 Å². The molecule has 128 valence electrons. The Bertz CT molecular complexity index is 505. The fourth-order valence-corrected chi connectivity index (χ4v) is 4.34. The number of guanidine groups is 1. The summed E-state index contributed by atoms with van der Waals surface area (Å²) in [6, 6.07) is 7.87. The highest BCUT2D eigenvalue weighted by Gasteiger charge is 2.31. The normalized spacial score (nSPS) is 21.4. The number of thioether (sulfide) groups is 2. The number of nitrogens with one attached hydrogen (secondary N) is 2. The van der Waals surface area contributed by atoms with Crippen LogP contribution in [-0.4, -0.2) is 53.6 Å². The van der Waals surface area contributed by atoms with E-state index in [0.29, 0.717) is 6.54 Å². The molecule has 23 heavy (non-hydrogen) atoms. The van der Waals surface area contributed by atoms with E-state index < -0.39 is 5.60 Å². The summed E-state index contributed by atoms with van der Waals surface area (Å²) in [5, 5.41) is 17.7. The predicted molar refractivity (Wildman–Crippen MR) is 103 cm³/mol. The minimum atomic E-state index is -0.634. The quantitative estimate of drug-likeness (QED) is 0.297. The third-order valence-electron chi connectivity index (χ3n) is 3.44. The first-order valence-corrected chi connectivity index (χ1v) is 10.3. The molecule has 0 saturated carbocycles. The Kier molecular flexibility index (Phi) is 7.89. The lowest BCUT2D eigenvalue weighted by atomic mass is 10.1. The molecule has 1 atom stereocenters. The highest BCUT2D eigenvalue weighted by atomic mass is 35.5. The molecular weight excluding hydrogens is 350 g/mol. The molecule has 3 N–H and O–H groups in total. The van der Waals surface area contributed by atoms with E-state index >= 15 is 0 Å². The Morgan fingerprint density at radius 3 is 2.83 bits per heavy atom. The van der Waals surface area contributed by atoms with Crippen molar-refractivity contribution < 1.29 is 5.11 Å². The van der Waals surface area contributed by atoms with Gasteiger partial charge in [0, 0.05) is 34.5 Å². The average Bonchev–Trinajstić information content (AvgIpc) is 2.98. The molecule has 0 radical (unpaired) electrons. The zero-order valence-corrected chi connectivity index (χ0v) is 15.7. The average molecular weight is 374 g/mol. The fourth-order valence-electron chi connectivity index (χ4n) is 2.16. The molecule has 1 saturated heterocycles. The van der Waals surface area contributed by atoms with E-state index in [1.807, 2.05) is 31.2 Å². The summed E-state index contributed by atoms with van der Waals surface area (Å²) in [6.07, 6.45) is 0.826. The molecule has 0 amide bonds. The summed E-state index contributed by atoms with van der Waals surface area (Å²) < 4.78 is 0. The van der Waals surface area contributed by atoms with Gasteiger partial charge >= 0.3 is 0 Å². The summed E-state index contributed by atoms with van der Waals surface area (Å²) in [5.74, 6) is 3.51. The molecule has 1 aliphatic rings. The van der Waals surface area contributed by atoms with Crippen LogP contribution in [-0.2, 0) is 0 Å². The second-order valence-corrected chi connectivity index (χ2v) is 8.16. The number of hydrogen-bond donors (Lipinski definition) is 3. The second kappa shape index (κ2) is 9.67.